The molecule has 26 heavy (non-hydrogen) atoms. The van der Waals surface area contributed by atoms with Gasteiger partial charge in [-0.2, -0.15) is 0 Å². The Morgan fingerprint density at radius 1 is 1.08 bits per heavy atom. The third-order valence-corrected chi connectivity index (χ3v) is 7.44. The SMILES string of the molecule is CC12CC[C@@H]3[C@H](Nc4c(Br)cccc4C3(C)C)C1=Cc1ccccc1O2. The highest BCUT2D eigenvalue weighted by Crippen LogP contribution is 2.55. The van der Waals surface area contributed by atoms with Crippen molar-refractivity contribution < 1.29 is 4.74 Å². The first-order chi connectivity index (χ1) is 12.4. The van der Waals surface area contributed by atoms with Gasteiger partial charge in [0.2, 0.25) is 0 Å². The summed E-state index contributed by atoms with van der Waals surface area (Å²) in [5.41, 5.74) is 5.13. The van der Waals surface area contributed by atoms with Crippen LogP contribution in [-0.2, 0) is 5.41 Å². The Labute approximate surface area is 163 Å². The summed E-state index contributed by atoms with van der Waals surface area (Å²) in [5.74, 6) is 1.56. The van der Waals surface area contributed by atoms with E-state index in [4.69, 9.17) is 4.74 Å². The molecule has 1 saturated carbocycles. The predicted octanol–water partition coefficient (Wildman–Crippen LogP) is 6.17. The van der Waals surface area contributed by atoms with Crippen molar-refractivity contribution >= 4 is 27.7 Å². The lowest BCUT2D eigenvalue weighted by Gasteiger charge is -2.55. The van der Waals surface area contributed by atoms with Crippen molar-refractivity contribution in [3.63, 3.8) is 0 Å². The molecule has 1 N–H and O–H groups in total. The summed E-state index contributed by atoms with van der Waals surface area (Å²) >= 11 is 3.76. The molecular weight excluding hydrogens is 386 g/mol. The smallest absolute Gasteiger partial charge is 0.130 e. The summed E-state index contributed by atoms with van der Waals surface area (Å²) in [6, 6.07) is 15.2. The lowest BCUT2D eigenvalue weighted by atomic mass is 9.58. The van der Waals surface area contributed by atoms with E-state index in [0.29, 0.717) is 12.0 Å². The minimum absolute atomic E-state index is 0.119. The lowest BCUT2D eigenvalue weighted by molar-refractivity contribution is 0.0603. The van der Waals surface area contributed by atoms with E-state index < -0.39 is 0 Å². The van der Waals surface area contributed by atoms with Gasteiger partial charge in [-0.15, -0.1) is 0 Å². The normalized spacial score (nSPS) is 30.5. The summed E-state index contributed by atoms with van der Waals surface area (Å²) in [5, 5.41) is 3.88. The molecule has 1 unspecified atom stereocenters. The van der Waals surface area contributed by atoms with Crippen LogP contribution in [0.3, 0.4) is 0 Å². The molecule has 2 aliphatic heterocycles. The maximum atomic E-state index is 6.54. The fourth-order valence-corrected chi connectivity index (χ4v) is 5.74. The number of hydrogen-bond donors (Lipinski definition) is 1. The van der Waals surface area contributed by atoms with E-state index in [9.17, 15) is 0 Å². The van der Waals surface area contributed by atoms with Crippen molar-refractivity contribution in [3.8, 4) is 5.75 Å². The Morgan fingerprint density at radius 3 is 2.73 bits per heavy atom. The molecule has 2 aromatic carbocycles. The van der Waals surface area contributed by atoms with Gasteiger partial charge in [0.25, 0.3) is 0 Å². The summed E-state index contributed by atoms with van der Waals surface area (Å²) in [7, 11) is 0. The number of nitrogens with one attached hydrogen (secondary N) is 1. The van der Waals surface area contributed by atoms with Gasteiger partial charge in [-0.25, -0.2) is 0 Å². The molecule has 1 aliphatic carbocycles. The summed E-state index contributed by atoms with van der Waals surface area (Å²) < 4.78 is 7.68. The van der Waals surface area contributed by atoms with Gasteiger partial charge in [0, 0.05) is 10.0 Å². The van der Waals surface area contributed by atoms with Crippen molar-refractivity contribution in [2.75, 3.05) is 5.32 Å². The molecule has 3 atom stereocenters. The molecule has 2 nitrogen and oxygen atoms in total. The van der Waals surface area contributed by atoms with E-state index in [2.05, 4.69) is 90.6 Å². The number of hydrogen-bond acceptors (Lipinski definition) is 2. The number of rotatable bonds is 0. The van der Waals surface area contributed by atoms with E-state index in [-0.39, 0.29) is 11.0 Å². The van der Waals surface area contributed by atoms with E-state index in [1.165, 1.54) is 22.4 Å². The second-order valence-corrected chi connectivity index (χ2v) is 9.48. The summed E-state index contributed by atoms with van der Waals surface area (Å²) in [6.07, 6.45) is 4.59. The molecule has 134 valence electrons. The Balaban J connectivity index is 1.68. The molecule has 0 bridgehead atoms. The number of ether oxygens (including phenoxy) is 1. The van der Waals surface area contributed by atoms with Gasteiger partial charge < -0.3 is 10.1 Å². The van der Waals surface area contributed by atoms with Crippen LogP contribution in [0.1, 0.15) is 44.7 Å². The molecule has 0 saturated heterocycles. The highest BCUT2D eigenvalue weighted by atomic mass is 79.9. The third-order valence-electron chi connectivity index (χ3n) is 6.78. The topological polar surface area (TPSA) is 21.3 Å². The number of para-hydroxylation sites is 2. The van der Waals surface area contributed by atoms with Gasteiger partial charge in [0.15, 0.2) is 0 Å². The monoisotopic (exact) mass is 409 g/mol. The Kier molecular flexibility index (Phi) is 3.40. The van der Waals surface area contributed by atoms with Crippen molar-refractivity contribution in [2.45, 2.75) is 50.7 Å². The number of benzene rings is 2. The maximum Gasteiger partial charge on any atom is 0.130 e. The zero-order valence-electron chi connectivity index (χ0n) is 15.5. The number of fused-ring (bicyclic) bond motifs is 5. The minimum atomic E-state index is -0.225. The van der Waals surface area contributed by atoms with Crippen LogP contribution < -0.4 is 10.1 Å². The van der Waals surface area contributed by atoms with Crippen LogP contribution in [0, 0.1) is 5.92 Å². The van der Waals surface area contributed by atoms with Crippen LogP contribution in [0.2, 0.25) is 0 Å². The fourth-order valence-electron chi connectivity index (χ4n) is 5.26. The van der Waals surface area contributed by atoms with Crippen molar-refractivity contribution in [1.82, 2.24) is 0 Å². The van der Waals surface area contributed by atoms with Gasteiger partial charge in [-0.05, 0) is 76.4 Å². The third kappa shape index (κ3) is 2.16. The van der Waals surface area contributed by atoms with E-state index in [1.54, 1.807) is 0 Å². The molecule has 0 radical (unpaired) electrons. The largest absolute Gasteiger partial charge is 0.483 e. The van der Waals surface area contributed by atoms with E-state index >= 15 is 0 Å². The van der Waals surface area contributed by atoms with Crippen LogP contribution in [0.15, 0.2) is 52.5 Å². The predicted molar refractivity (Wildman–Crippen MR) is 111 cm³/mol. The van der Waals surface area contributed by atoms with Gasteiger partial charge in [0.05, 0.1) is 11.7 Å². The van der Waals surface area contributed by atoms with Crippen LogP contribution in [-0.4, -0.2) is 11.6 Å². The quantitative estimate of drug-likeness (QED) is 0.561. The van der Waals surface area contributed by atoms with Gasteiger partial charge in [0.1, 0.15) is 11.4 Å². The fraction of sp³-hybridized carbons (Fsp3) is 0.391. The first-order valence-electron chi connectivity index (χ1n) is 9.46. The average molecular weight is 410 g/mol. The lowest BCUT2D eigenvalue weighted by Crippen LogP contribution is -2.57. The van der Waals surface area contributed by atoms with Crippen molar-refractivity contribution in [1.29, 1.82) is 0 Å². The standard InChI is InChI=1S/C23H24BrNO/c1-22(2)15-8-6-9-18(24)21(15)25-20-16(22)11-12-23(3)17(20)13-14-7-4-5-10-19(14)26-23/h4-10,13,16,20,25H,11-12H2,1-3H3/t16-,20+,23?/m1/s1. The van der Waals surface area contributed by atoms with Gasteiger partial charge in [-0.1, -0.05) is 44.2 Å². The first-order valence-corrected chi connectivity index (χ1v) is 10.3. The first kappa shape index (κ1) is 16.4. The second-order valence-electron chi connectivity index (χ2n) is 8.62. The molecule has 1 fully saturated rings. The number of halogens is 1. The van der Waals surface area contributed by atoms with Crippen molar-refractivity contribution in [2.24, 2.45) is 5.92 Å². The molecule has 0 aromatic heterocycles. The molecular formula is C23H24BrNO. The van der Waals surface area contributed by atoms with Crippen molar-refractivity contribution in [3.05, 3.63) is 63.6 Å². The Hall–Kier alpha value is -1.74. The molecule has 2 aromatic rings. The molecule has 3 aliphatic rings. The molecule has 0 spiro atoms. The average Bonchev–Trinajstić information content (AvgIpc) is 2.60. The zero-order valence-corrected chi connectivity index (χ0v) is 17.1. The van der Waals surface area contributed by atoms with Crippen LogP contribution in [0.25, 0.3) is 6.08 Å². The molecule has 0 amide bonds. The Bertz CT molecular complexity index is 932. The molecule has 5 rings (SSSR count). The maximum absolute atomic E-state index is 6.54. The Morgan fingerprint density at radius 2 is 1.88 bits per heavy atom. The highest BCUT2D eigenvalue weighted by molar-refractivity contribution is 9.10. The second kappa shape index (κ2) is 5.39. The minimum Gasteiger partial charge on any atom is -0.483 e. The van der Waals surface area contributed by atoms with E-state index in [0.717, 1.165) is 23.1 Å². The highest BCUT2D eigenvalue weighted by Gasteiger charge is 2.53. The van der Waals surface area contributed by atoms with E-state index in [1.807, 2.05) is 0 Å². The molecule has 3 heteroatoms. The van der Waals surface area contributed by atoms with Gasteiger partial charge >= 0.3 is 0 Å². The van der Waals surface area contributed by atoms with Crippen LogP contribution in [0.5, 0.6) is 5.75 Å². The summed E-state index contributed by atoms with van der Waals surface area (Å²) in [6.45, 7) is 7.06. The van der Waals surface area contributed by atoms with Crippen LogP contribution >= 0.6 is 15.9 Å². The van der Waals surface area contributed by atoms with Gasteiger partial charge in [-0.3, -0.25) is 0 Å². The molecule has 2 heterocycles. The number of anilines is 1. The van der Waals surface area contributed by atoms with Crippen LogP contribution in [0.4, 0.5) is 5.69 Å². The summed E-state index contributed by atoms with van der Waals surface area (Å²) in [4.78, 5) is 0. The zero-order chi connectivity index (χ0) is 18.1.